The summed E-state index contributed by atoms with van der Waals surface area (Å²) >= 11 is 0. The fraction of sp³-hybridized carbons (Fsp3) is 0.632. The van der Waals surface area contributed by atoms with Crippen molar-refractivity contribution in [2.24, 2.45) is 5.73 Å². The van der Waals surface area contributed by atoms with Gasteiger partial charge in [0, 0.05) is 6.61 Å². The van der Waals surface area contributed by atoms with Crippen LogP contribution in [0, 0.1) is 0 Å². The molecule has 4 atom stereocenters. The first kappa shape index (κ1) is 19.8. The van der Waals surface area contributed by atoms with E-state index in [9.17, 15) is 4.79 Å². The molecule has 0 spiro atoms. The van der Waals surface area contributed by atoms with Gasteiger partial charge in [-0.15, -0.1) is 0 Å². The summed E-state index contributed by atoms with van der Waals surface area (Å²) in [5.74, 6) is -0.472. The summed E-state index contributed by atoms with van der Waals surface area (Å²) in [5, 5.41) is 0. The fourth-order valence-corrected chi connectivity index (χ4v) is 2.64. The number of ether oxygens (including phenoxy) is 4. The van der Waals surface area contributed by atoms with E-state index in [1.807, 2.05) is 37.3 Å². The van der Waals surface area contributed by atoms with Gasteiger partial charge in [-0.1, -0.05) is 43.7 Å². The van der Waals surface area contributed by atoms with Crippen LogP contribution in [0.5, 0.6) is 0 Å². The van der Waals surface area contributed by atoms with Crippen LogP contribution in [0.25, 0.3) is 0 Å². The molecule has 140 valence electrons. The molecule has 1 aliphatic heterocycles. The number of benzene rings is 1. The van der Waals surface area contributed by atoms with Crippen LogP contribution in [0.3, 0.4) is 0 Å². The average molecular weight is 351 g/mol. The number of carbonyl (C=O) groups is 1. The van der Waals surface area contributed by atoms with Gasteiger partial charge in [0.25, 0.3) is 0 Å². The first-order chi connectivity index (χ1) is 12.1. The largest absolute Gasteiger partial charge is 0.459 e. The van der Waals surface area contributed by atoms with Crippen LogP contribution in [0.4, 0.5) is 0 Å². The van der Waals surface area contributed by atoms with E-state index in [4.69, 9.17) is 24.7 Å². The smallest absolute Gasteiger partial charge is 0.325 e. The summed E-state index contributed by atoms with van der Waals surface area (Å²) in [6.45, 7) is 5.35. The van der Waals surface area contributed by atoms with Gasteiger partial charge < -0.3 is 24.7 Å². The molecule has 6 heteroatoms. The van der Waals surface area contributed by atoms with Crippen molar-refractivity contribution in [3.05, 3.63) is 35.9 Å². The molecular weight excluding hydrogens is 322 g/mol. The molecule has 1 heterocycles. The van der Waals surface area contributed by atoms with Crippen molar-refractivity contribution in [3.63, 3.8) is 0 Å². The number of carbonyl (C=O) groups excluding carboxylic acids is 1. The number of hydrogen-bond donors (Lipinski definition) is 1. The molecule has 25 heavy (non-hydrogen) atoms. The normalized spacial score (nSPS) is 27.9. The maximum absolute atomic E-state index is 12.0. The van der Waals surface area contributed by atoms with Crippen molar-refractivity contribution in [1.29, 1.82) is 0 Å². The van der Waals surface area contributed by atoms with Gasteiger partial charge in [0.05, 0.1) is 19.8 Å². The first-order valence-corrected chi connectivity index (χ1v) is 8.92. The molecule has 1 fully saturated rings. The Balaban J connectivity index is 2.06. The lowest BCUT2D eigenvalue weighted by Gasteiger charge is -2.30. The first-order valence-electron chi connectivity index (χ1n) is 8.92. The van der Waals surface area contributed by atoms with Gasteiger partial charge in [-0.05, 0) is 18.9 Å². The van der Waals surface area contributed by atoms with E-state index < -0.39 is 24.2 Å². The van der Waals surface area contributed by atoms with E-state index >= 15 is 0 Å². The zero-order chi connectivity index (χ0) is 18.1. The molecule has 6 nitrogen and oxygen atoms in total. The van der Waals surface area contributed by atoms with E-state index in [0.717, 1.165) is 18.4 Å². The topological polar surface area (TPSA) is 80.0 Å². The van der Waals surface area contributed by atoms with Crippen LogP contribution >= 0.6 is 0 Å². The number of hydrogen-bond acceptors (Lipinski definition) is 6. The predicted octanol–water partition coefficient (Wildman–Crippen LogP) is 2.05. The highest BCUT2D eigenvalue weighted by molar-refractivity contribution is 5.75. The van der Waals surface area contributed by atoms with Gasteiger partial charge in [-0.3, -0.25) is 4.79 Å². The highest BCUT2D eigenvalue weighted by atomic mass is 16.6. The molecule has 1 aromatic carbocycles. The molecule has 0 aliphatic carbocycles. The Kier molecular flexibility index (Phi) is 8.34. The maximum Gasteiger partial charge on any atom is 0.325 e. The summed E-state index contributed by atoms with van der Waals surface area (Å²) in [6, 6.07) is 9.12. The Hall–Kier alpha value is -1.47. The van der Waals surface area contributed by atoms with Gasteiger partial charge in [0.2, 0.25) is 0 Å². The van der Waals surface area contributed by atoms with Gasteiger partial charge in [-0.2, -0.15) is 0 Å². The van der Waals surface area contributed by atoms with Gasteiger partial charge in [0.15, 0.2) is 0 Å². The lowest BCUT2D eigenvalue weighted by atomic mass is 10.1. The number of rotatable bonds is 7. The molecule has 0 bridgehead atoms. The number of unbranched alkanes of at least 4 members (excludes halogenated alkanes) is 1. The van der Waals surface area contributed by atoms with Gasteiger partial charge in [0.1, 0.15) is 24.4 Å². The Bertz CT molecular complexity index is 510. The van der Waals surface area contributed by atoms with Crippen LogP contribution in [0.1, 0.15) is 32.3 Å². The average Bonchev–Trinajstić information content (AvgIpc) is 2.66. The van der Waals surface area contributed by atoms with E-state index in [1.165, 1.54) is 0 Å². The van der Waals surface area contributed by atoms with Crippen molar-refractivity contribution >= 4 is 5.97 Å². The Morgan fingerprint density at radius 1 is 1.20 bits per heavy atom. The SMILES string of the molecule is CCCCO[C@H]1[C@H](C)OC(=O)[C@@H](N)COC[C@@H]1OCc1ccccc1. The zero-order valence-electron chi connectivity index (χ0n) is 15.1. The molecule has 0 saturated carbocycles. The predicted molar refractivity (Wildman–Crippen MR) is 94.0 cm³/mol. The maximum atomic E-state index is 12.0. The Labute approximate surface area is 149 Å². The summed E-state index contributed by atoms with van der Waals surface area (Å²) in [5.41, 5.74) is 6.84. The Morgan fingerprint density at radius 3 is 2.68 bits per heavy atom. The molecule has 0 aromatic heterocycles. The van der Waals surface area contributed by atoms with Crippen molar-refractivity contribution < 1.29 is 23.7 Å². The zero-order valence-corrected chi connectivity index (χ0v) is 15.1. The minimum Gasteiger partial charge on any atom is -0.459 e. The fourth-order valence-electron chi connectivity index (χ4n) is 2.64. The van der Waals surface area contributed by atoms with Gasteiger partial charge in [-0.25, -0.2) is 0 Å². The third-order valence-corrected chi connectivity index (χ3v) is 4.13. The standard InChI is InChI=1S/C19H29NO5/c1-3-4-10-23-18-14(2)25-19(21)16(20)12-22-13-17(18)24-11-15-8-6-5-7-9-15/h5-9,14,16-18H,3-4,10-13,20H2,1-2H3/t14-,16-,17-,18-/m0/s1. The highest BCUT2D eigenvalue weighted by Gasteiger charge is 2.34. The van der Waals surface area contributed by atoms with Crippen LogP contribution in [0.2, 0.25) is 0 Å². The molecule has 1 saturated heterocycles. The third kappa shape index (κ3) is 6.40. The second-order valence-electron chi connectivity index (χ2n) is 6.31. The molecule has 0 amide bonds. The van der Waals surface area contributed by atoms with E-state index in [1.54, 1.807) is 0 Å². The van der Waals surface area contributed by atoms with Gasteiger partial charge >= 0.3 is 5.97 Å². The van der Waals surface area contributed by atoms with Crippen LogP contribution in [-0.2, 0) is 30.3 Å². The molecule has 0 radical (unpaired) electrons. The van der Waals surface area contributed by atoms with Crippen LogP contribution < -0.4 is 5.73 Å². The van der Waals surface area contributed by atoms with Crippen molar-refractivity contribution in [2.45, 2.75) is 57.6 Å². The quantitative estimate of drug-likeness (QED) is 0.598. The lowest BCUT2D eigenvalue weighted by molar-refractivity contribution is -0.168. The van der Waals surface area contributed by atoms with Crippen molar-refractivity contribution in [1.82, 2.24) is 0 Å². The summed E-state index contributed by atoms with van der Waals surface area (Å²) in [7, 11) is 0. The number of nitrogens with two attached hydrogens (primary N) is 1. The summed E-state index contributed by atoms with van der Waals surface area (Å²) < 4.78 is 23.1. The molecule has 1 aromatic rings. The van der Waals surface area contributed by atoms with Crippen LogP contribution in [-0.4, -0.2) is 50.1 Å². The summed E-state index contributed by atoms with van der Waals surface area (Å²) in [4.78, 5) is 12.0. The molecular formula is C19H29NO5. The Morgan fingerprint density at radius 2 is 1.96 bits per heavy atom. The third-order valence-electron chi connectivity index (χ3n) is 4.13. The second kappa shape index (κ2) is 10.5. The number of cyclic esters (lactones) is 1. The molecule has 0 unspecified atom stereocenters. The highest BCUT2D eigenvalue weighted by Crippen LogP contribution is 2.18. The van der Waals surface area contributed by atoms with Crippen molar-refractivity contribution in [3.8, 4) is 0 Å². The molecule has 2 N–H and O–H groups in total. The minimum absolute atomic E-state index is 0.110. The second-order valence-corrected chi connectivity index (χ2v) is 6.31. The van der Waals surface area contributed by atoms with E-state index in [-0.39, 0.29) is 12.7 Å². The van der Waals surface area contributed by atoms with E-state index in [0.29, 0.717) is 19.8 Å². The van der Waals surface area contributed by atoms with Crippen LogP contribution in [0.15, 0.2) is 30.3 Å². The number of esters is 1. The van der Waals surface area contributed by atoms with Crippen molar-refractivity contribution in [2.75, 3.05) is 19.8 Å². The molecule has 2 rings (SSSR count). The lowest BCUT2D eigenvalue weighted by Crippen LogP contribution is -2.44. The summed E-state index contributed by atoms with van der Waals surface area (Å²) in [6.07, 6.45) is 0.758. The minimum atomic E-state index is -0.786. The molecule has 1 aliphatic rings. The van der Waals surface area contributed by atoms with E-state index in [2.05, 4.69) is 6.92 Å². The monoisotopic (exact) mass is 351 g/mol.